The van der Waals surface area contributed by atoms with E-state index in [9.17, 15) is 4.79 Å². The van der Waals surface area contributed by atoms with Crippen molar-refractivity contribution in [1.82, 2.24) is 9.88 Å². The molecule has 1 heterocycles. The third-order valence-electron chi connectivity index (χ3n) is 1.54. The lowest BCUT2D eigenvalue weighted by Gasteiger charge is -2.06. The summed E-state index contributed by atoms with van der Waals surface area (Å²) in [5.41, 5.74) is 0.784. The molecule has 1 aromatic rings. The predicted octanol–water partition coefficient (Wildman–Crippen LogP) is 1.04. The second-order valence-electron chi connectivity index (χ2n) is 2.68. The van der Waals surface area contributed by atoms with Crippen molar-refractivity contribution in [2.45, 2.75) is 0 Å². The van der Waals surface area contributed by atoms with Crippen LogP contribution in [0, 0.1) is 11.8 Å². The molecule has 1 N–H and O–H groups in total. The highest BCUT2D eigenvalue weighted by molar-refractivity contribution is 5.64. The third-order valence-corrected chi connectivity index (χ3v) is 1.54. The van der Waals surface area contributed by atoms with Crippen LogP contribution in [0.5, 0.6) is 0 Å². The van der Waals surface area contributed by atoms with Crippen LogP contribution >= 0.6 is 0 Å². The van der Waals surface area contributed by atoms with Gasteiger partial charge < -0.3 is 10.0 Å². The van der Waals surface area contributed by atoms with E-state index < -0.39 is 6.09 Å². The molecule has 1 aromatic heterocycles. The largest absolute Gasteiger partial charge is 0.465 e. The van der Waals surface area contributed by atoms with Crippen molar-refractivity contribution >= 4 is 6.09 Å². The molecule has 72 valence electrons. The fourth-order valence-corrected chi connectivity index (χ4v) is 0.765. The lowest BCUT2D eigenvalue weighted by Crippen LogP contribution is -2.24. The van der Waals surface area contributed by atoms with E-state index in [2.05, 4.69) is 16.8 Å². The van der Waals surface area contributed by atoms with Crippen LogP contribution in [0.4, 0.5) is 4.79 Å². The molecule has 0 atom stereocenters. The minimum atomic E-state index is -0.981. The summed E-state index contributed by atoms with van der Waals surface area (Å²) in [7, 11) is 1.47. The number of rotatable bonds is 1. The van der Waals surface area contributed by atoms with Crippen LogP contribution in [0.3, 0.4) is 0 Å². The molecule has 0 radical (unpaired) electrons. The van der Waals surface area contributed by atoms with Gasteiger partial charge in [0.25, 0.3) is 0 Å². The molecule has 0 saturated heterocycles. The lowest BCUT2D eigenvalue weighted by atomic mass is 10.3. The van der Waals surface area contributed by atoms with Crippen LogP contribution in [0.15, 0.2) is 24.5 Å². The van der Waals surface area contributed by atoms with Gasteiger partial charge in [-0.1, -0.05) is 11.8 Å². The van der Waals surface area contributed by atoms with E-state index in [1.54, 1.807) is 18.5 Å². The summed E-state index contributed by atoms with van der Waals surface area (Å²) in [6, 6.07) is 3.60. The second-order valence-corrected chi connectivity index (χ2v) is 2.68. The molecule has 0 aliphatic heterocycles. The molecular weight excluding hydrogens is 180 g/mol. The van der Waals surface area contributed by atoms with Crippen LogP contribution in [-0.4, -0.2) is 34.7 Å². The van der Waals surface area contributed by atoms with Crippen LogP contribution in [0.25, 0.3) is 0 Å². The summed E-state index contributed by atoms with van der Waals surface area (Å²) < 4.78 is 0. The van der Waals surface area contributed by atoms with E-state index in [1.807, 2.05) is 6.07 Å². The number of carboxylic acid groups (broad SMARTS) is 1. The van der Waals surface area contributed by atoms with Gasteiger partial charge >= 0.3 is 6.09 Å². The van der Waals surface area contributed by atoms with Crippen LogP contribution in [-0.2, 0) is 0 Å². The van der Waals surface area contributed by atoms with E-state index in [-0.39, 0.29) is 6.54 Å². The molecule has 0 unspecified atom stereocenters. The highest BCUT2D eigenvalue weighted by Crippen LogP contribution is 1.91. The Hall–Kier alpha value is -2.02. The zero-order valence-electron chi connectivity index (χ0n) is 7.77. The minimum absolute atomic E-state index is 0.199. The zero-order chi connectivity index (χ0) is 10.4. The van der Waals surface area contributed by atoms with E-state index in [4.69, 9.17) is 5.11 Å². The summed E-state index contributed by atoms with van der Waals surface area (Å²) in [4.78, 5) is 15.4. The van der Waals surface area contributed by atoms with Gasteiger partial charge in [0.1, 0.15) is 0 Å². The second kappa shape index (κ2) is 4.87. The molecule has 0 aliphatic carbocycles. The maximum absolute atomic E-state index is 10.4. The van der Waals surface area contributed by atoms with E-state index in [0.29, 0.717) is 0 Å². The molecule has 1 amide bonds. The first-order valence-electron chi connectivity index (χ1n) is 4.03. The van der Waals surface area contributed by atoms with Gasteiger partial charge in [-0.2, -0.15) is 0 Å². The van der Waals surface area contributed by atoms with Crippen molar-refractivity contribution in [3.8, 4) is 11.8 Å². The molecular formula is C10H10N2O2. The predicted molar refractivity (Wildman–Crippen MR) is 51.8 cm³/mol. The molecule has 4 nitrogen and oxygen atoms in total. The average Bonchev–Trinajstić information content (AvgIpc) is 2.19. The summed E-state index contributed by atoms with van der Waals surface area (Å²) in [6.07, 6.45) is 2.31. The number of nitrogens with zero attached hydrogens (tertiary/aromatic N) is 2. The number of carbonyl (C=O) groups is 1. The molecule has 1 rings (SSSR count). The van der Waals surface area contributed by atoms with Gasteiger partial charge in [0.05, 0.1) is 6.54 Å². The number of hydrogen-bond donors (Lipinski definition) is 1. The first kappa shape index (κ1) is 10.1. The summed E-state index contributed by atoms with van der Waals surface area (Å²) in [6.45, 7) is 0.199. The highest BCUT2D eigenvalue weighted by Gasteiger charge is 2.00. The van der Waals surface area contributed by atoms with Crippen molar-refractivity contribution < 1.29 is 9.90 Å². The Balaban J connectivity index is 2.53. The smallest absolute Gasteiger partial charge is 0.407 e. The van der Waals surface area contributed by atoms with E-state index in [0.717, 1.165) is 10.5 Å². The quantitative estimate of drug-likeness (QED) is 0.673. The number of aromatic nitrogens is 1. The maximum atomic E-state index is 10.4. The lowest BCUT2D eigenvalue weighted by molar-refractivity contribution is 0.161. The van der Waals surface area contributed by atoms with Gasteiger partial charge in [0, 0.05) is 25.0 Å². The van der Waals surface area contributed by atoms with Crippen molar-refractivity contribution in [3.05, 3.63) is 30.1 Å². The normalized spacial score (nSPS) is 8.64. The van der Waals surface area contributed by atoms with Crippen LogP contribution < -0.4 is 0 Å². The Labute approximate surface area is 82.2 Å². The molecule has 0 aromatic carbocycles. The molecule has 0 aliphatic rings. The fraction of sp³-hybridized carbons (Fsp3) is 0.200. The molecule has 14 heavy (non-hydrogen) atoms. The SMILES string of the molecule is CN(CC#Cc1cccnc1)C(=O)O. The summed E-state index contributed by atoms with van der Waals surface area (Å²) in [5, 5.41) is 8.52. The molecule has 0 fully saturated rings. The van der Waals surface area contributed by atoms with Gasteiger partial charge in [-0.05, 0) is 12.1 Å². The van der Waals surface area contributed by atoms with Crippen LogP contribution in [0.2, 0.25) is 0 Å². The summed E-state index contributed by atoms with van der Waals surface area (Å²) >= 11 is 0. The highest BCUT2D eigenvalue weighted by atomic mass is 16.4. The fourth-order valence-electron chi connectivity index (χ4n) is 0.765. The average molecular weight is 190 g/mol. The van der Waals surface area contributed by atoms with Crippen molar-refractivity contribution in [2.75, 3.05) is 13.6 Å². The first-order chi connectivity index (χ1) is 6.70. The molecule has 0 spiro atoms. The third kappa shape index (κ3) is 3.15. The van der Waals surface area contributed by atoms with Crippen molar-refractivity contribution in [1.29, 1.82) is 0 Å². The molecule has 4 heteroatoms. The number of hydrogen-bond acceptors (Lipinski definition) is 2. The summed E-state index contributed by atoms with van der Waals surface area (Å²) in [5.74, 6) is 5.55. The monoisotopic (exact) mass is 190 g/mol. The minimum Gasteiger partial charge on any atom is -0.465 e. The molecule has 0 bridgehead atoms. The Morgan fingerprint density at radius 1 is 1.71 bits per heavy atom. The number of pyridine rings is 1. The van der Waals surface area contributed by atoms with Gasteiger partial charge in [-0.3, -0.25) is 4.98 Å². The Bertz CT molecular complexity index is 365. The van der Waals surface area contributed by atoms with Crippen molar-refractivity contribution in [2.24, 2.45) is 0 Å². The standard InChI is InChI=1S/C10H10N2O2/c1-12(10(13)14)7-3-5-9-4-2-6-11-8-9/h2,4,6,8H,7H2,1H3,(H,13,14). The van der Waals surface area contributed by atoms with Gasteiger partial charge in [-0.25, -0.2) is 4.79 Å². The van der Waals surface area contributed by atoms with Gasteiger partial charge in [-0.15, -0.1) is 0 Å². The van der Waals surface area contributed by atoms with Gasteiger partial charge in [0.15, 0.2) is 0 Å². The Kier molecular flexibility index (Phi) is 3.50. The van der Waals surface area contributed by atoms with E-state index >= 15 is 0 Å². The van der Waals surface area contributed by atoms with Crippen molar-refractivity contribution in [3.63, 3.8) is 0 Å². The topological polar surface area (TPSA) is 53.4 Å². The molecule has 0 saturated carbocycles. The van der Waals surface area contributed by atoms with Gasteiger partial charge in [0.2, 0.25) is 0 Å². The first-order valence-corrected chi connectivity index (χ1v) is 4.03. The van der Waals surface area contributed by atoms with Crippen LogP contribution in [0.1, 0.15) is 5.56 Å². The number of amides is 1. The zero-order valence-corrected chi connectivity index (χ0v) is 7.77. The maximum Gasteiger partial charge on any atom is 0.407 e. The Morgan fingerprint density at radius 2 is 2.50 bits per heavy atom. The Morgan fingerprint density at radius 3 is 3.07 bits per heavy atom. The van der Waals surface area contributed by atoms with E-state index in [1.165, 1.54) is 7.05 Å².